The van der Waals surface area contributed by atoms with Crippen LogP contribution in [0.2, 0.25) is 0 Å². The largest absolute Gasteiger partial charge is 0.466 e. The maximum atomic E-state index is 10.8. The Morgan fingerprint density at radius 2 is 2.17 bits per heavy atom. The number of carbonyl (C=O) groups is 1. The Bertz CT molecular complexity index is 148. The van der Waals surface area contributed by atoms with Gasteiger partial charge < -0.3 is 15.6 Å². The topological polar surface area (TPSA) is 98.6 Å². The fraction of sp³-hybridized carbons (Fsp3) is 0.857. The Hall–Kier alpha value is -0.650. The van der Waals surface area contributed by atoms with E-state index in [9.17, 15) is 9.90 Å². The number of unbranched alkanes of at least 4 members (excludes halogenated alkanes) is 1. The molecule has 5 heteroatoms. The van der Waals surface area contributed by atoms with E-state index in [1.165, 1.54) is 7.11 Å². The molecule has 5 N–H and O–H groups in total. The van der Waals surface area contributed by atoms with Gasteiger partial charge in [0, 0.05) is 6.42 Å². The van der Waals surface area contributed by atoms with Crippen molar-refractivity contribution in [3.8, 4) is 0 Å². The molecule has 5 nitrogen and oxygen atoms in total. The normalized spacial score (nSPS) is 15.3. The maximum Gasteiger partial charge on any atom is 0.353 e. The first-order valence-electron chi connectivity index (χ1n) is 3.84. The molecule has 0 aromatic heterocycles. The number of ether oxygens (including phenoxy) is 1. The van der Waals surface area contributed by atoms with E-state index in [1.807, 2.05) is 0 Å². The smallest absolute Gasteiger partial charge is 0.353 e. The van der Waals surface area contributed by atoms with Gasteiger partial charge in [0.25, 0.3) is 0 Å². The van der Waals surface area contributed by atoms with Crippen LogP contribution in [0, 0.1) is 0 Å². The van der Waals surface area contributed by atoms with Crippen molar-refractivity contribution >= 4 is 5.97 Å². The number of aliphatic hydroxyl groups is 1. The Balaban J connectivity index is 3.78. The summed E-state index contributed by atoms with van der Waals surface area (Å²) in [6.45, 7) is 0.525. The molecule has 0 aliphatic heterocycles. The van der Waals surface area contributed by atoms with E-state index < -0.39 is 11.7 Å². The van der Waals surface area contributed by atoms with E-state index in [2.05, 4.69) is 4.74 Å². The van der Waals surface area contributed by atoms with Gasteiger partial charge in [-0.1, -0.05) is 0 Å². The number of esters is 1. The standard InChI is InChI=1S/C7H16N2O3/c1-12-6(10)7(9,11)4-2-3-5-8/h11H,2-5,8-9H2,1H3. The van der Waals surface area contributed by atoms with Crippen molar-refractivity contribution in [3.63, 3.8) is 0 Å². The molecule has 0 radical (unpaired) electrons. The molecule has 0 aliphatic carbocycles. The van der Waals surface area contributed by atoms with Crippen LogP contribution in [0.15, 0.2) is 0 Å². The highest BCUT2D eigenvalue weighted by molar-refractivity contribution is 5.78. The average Bonchev–Trinajstić information content (AvgIpc) is 2.03. The predicted octanol–water partition coefficient (Wildman–Crippen LogP) is -1.06. The van der Waals surface area contributed by atoms with E-state index in [1.54, 1.807) is 0 Å². The molecule has 0 aliphatic rings. The van der Waals surface area contributed by atoms with Crippen LogP contribution in [0.25, 0.3) is 0 Å². The third-order valence-electron chi connectivity index (χ3n) is 1.55. The Labute approximate surface area is 71.7 Å². The van der Waals surface area contributed by atoms with E-state index in [0.717, 1.165) is 6.42 Å². The summed E-state index contributed by atoms with van der Waals surface area (Å²) in [5, 5.41) is 9.27. The van der Waals surface area contributed by atoms with Crippen LogP contribution in [0.5, 0.6) is 0 Å². The van der Waals surface area contributed by atoms with Crippen LogP contribution < -0.4 is 11.5 Å². The molecule has 1 unspecified atom stereocenters. The highest BCUT2D eigenvalue weighted by Gasteiger charge is 2.31. The van der Waals surface area contributed by atoms with E-state index >= 15 is 0 Å². The molecule has 0 bridgehead atoms. The summed E-state index contributed by atoms with van der Waals surface area (Å²) in [4.78, 5) is 10.8. The fourth-order valence-corrected chi connectivity index (χ4v) is 0.818. The number of hydrogen-bond acceptors (Lipinski definition) is 5. The third kappa shape index (κ3) is 3.66. The lowest BCUT2D eigenvalue weighted by molar-refractivity contribution is -0.162. The van der Waals surface area contributed by atoms with Crippen molar-refractivity contribution in [2.24, 2.45) is 11.5 Å². The first-order chi connectivity index (χ1) is 5.54. The molecule has 0 spiro atoms. The molecule has 0 amide bonds. The molecule has 0 rings (SSSR count). The first kappa shape index (κ1) is 11.4. The lowest BCUT2D eigenvalue weighted by Crippen LogP contribution is -2.48. The van der Waals surface area contributed by atoms with Gasteiger partial charge in [0.1, 0.15) is 0 Å². The van der Waals surface area contributed by atoms with E-state index in [0.29, 0.717) is 13.0 Å². The highest BCUT2D eigenvalue weighted by Crippen LogP contribution is 2.08. The zero-order valence-corrected chi connectivity index (χ0v) is 7.25. The lowest BCUT2D eigenvalue weighted by Gasteiger charge is -2.19. The number of hydrogen-bond donors (Lipinski definition) is 3. The Morgan fingerprint density at radius 3 is 2.58 bits per heavy atom. The van der Waals surface area contributed by atoms with E-state index in [4.69, 9.17) is 11.5 Å². The molecule has 1 atom stereocenters. The van der Waals surface area contributed by atoms with Crippen molar-refractivity contribution < 1.29 is 14.6 Å². The number of rotatable bonds is 5. The van der Waals surface area contributed by atoms with Gasteiger partial charge in [-0.05, 0) is 19.4 Å². The highest BCUT2D eigenvalue weighted by atomic mass is 16.5. The summed E-state index contributed by atoms with van der Waals surface area (Å²) in [7, 11) is 1.18. The Morgan fingerprint density at radius 1 is 1.58 bits per heavy atom. The van der Waals surface area contributed by atoms with Gasteiger partial charge in [-0.25, -0.2) is 4.79 Å². The van der Waals surface area contributed by atoms with Gasteiger partial charge in [-0.2, -0.15) is 0 Å². The quantitative estimate of drug-likeness (QED) is 0.281. The monoisotopic (exact) mass is 176 g/mol. The summed E-state index contributed by atoms with van der Waals surface area (Å²) in [5.41, 5.74) is 8.62. The molecule has 72 valence electrons. The van der Waals surface area contributed by atoms with Crippen LogP contribution in [0.3, 0.4) is 0 Å². The van der Waals surface area contributed by atoms with Gasteiger partial charge >= 0.3 is 5.97 Å². The van der Waals surface area contributed by atoms with Crippen molar-refractivity contribution in [3.05, 3.63) is 0 Å². The summed E-state index contributed by atoms with van der Waals surface area (Å²) >= 11 is 0. The van der Waals surface area contributed by atoms with Crippen LogP contribution in [0.1, 0.15) is 19.3 Å². The molecular weight excluding hydrogens is 160 g/mol. The molecule has 0 heterocycles. The van der Waals surface area contributed by atoms with Gasteiger partial charge in [-0.15, -0.1) is 0 Å². The molecule has 0 aromatic carbocycles. The first-order valence-corrected chi connectivity index (χ1v) is 3.84. The van der Waals surface area contributed by atoms with Crippen molar-refractivity contribution in [2.45, 2.75) is 25.0 Å². The molecule has 0 aromatic rings. The SMILES string of the molecule is COC(=O)C(N)(O)CCCCN. The fourth-order valence-electron chi connectivity index (χ4n) is 0.818. The minimum absolute atomic E-state index is 0.177. The minimum atomic E-state index is -1.86. The lowest BCUT2D eigenvalue weighted by atomic mass is 10.1. The predicted molar refractivity (Wildman–Crippen MR) is 44.1 cm³/mol. The van der Waals surface area contributed by atoms with E-state index in [-0.39, 0.29) is 6.42 Å². The number of methoxy groups -OCH3 is 1. The number of nitrogens with two attached hydrogens (primary N) is 2. The molecular formula is C7H16N2O3. The summed E-state index contributed by atoms with van der Waals surface area (Å²) in [5.74, 6) is -0.806. The average molecular weight is 176 g/mol. The second-order valence-electron chi connectivity index (χ2n) is 2.66. The van der Waals surface area contributed by atoms with Gasteiger partial charge in [0.15, 0.2) is 0 Å². The van der Waals surface area contributed by atoms with Gasteiger partial charge in [-0.3, -0.25) is 5.73 Å². The van der Waals surface area contributed by atoms with Crippen LogP contribution in [0.4, 0.5) is 0 Å². The van der Waals surface area contributed by atoms with Crippen LogP contribution >= 0.6 is 0 Å². The zero-order valence-electron chi connectivity index (χ0n) is 7.25. The molecule has 0 fully saturated rings. The van der Waals surface area contributed by atoms with Crippen molar-refractivity contribution in [1.82, 2.24) is 0 Å². The maximum absolute atomic E-state index is 10.8. The van der Waals surface area contributed by atoms with Crippen molar-refractivity contribution in [1.29, 1.82) is 0 Å². The molecule has 0 saturated heterocycles. The third-order valence-corrected chi connectivity index (χ3v) is 1.55. The van der Waals surface area contributed by atoms with Gasteiger partial charge in [0.05, 0.1) is 7.11 Å². The van der Waals surface area contributed by atoms with Crippen LogP contribution in [-0.4, -0.2) is 30.5 Å². The Kier molecular flexibility index (Phi) is 4.80. The van der Waals surface area contributed by atoms with Gasteiger partial charge in [0.2, 0.25) is 5.72 Å². The summed E-state index contributed by atoms with van der Waals surface area (Å²) in [6.07, 6.45) is 1.52. The minimum Gasteiger partial charge on any atom is -0.466 e. The molecule has 12 heavy (non-hydrogen) atoms. The molecule has 0 saturated carbocycles. The van der Waals surface area contributed by atoms with Crippen molar-refractivity contribution in [2.75, 3.05) is 13.7 Å². The zero-order chi connectivity index (χ0) is 9.61. The second kappa shape index (κ2) is 5.08. The summed E-state index contributed by atoms with van der Waals surface area (Å²) in [6, 6.07) is 0. The second-order valence-corrected chi connectivity index (χ2v) is 2.66. The number of carbonyl (C=O) groups excluding carboxylic acids is 1. The van der Waals surface area contributed by atoms with Crippen LogP contribution in [-0.2, 0) is 9.53 Å². The summed E-state index contributed by atoms with van der Waals surface area (Å²) < 4.78 is 4.30.